The first-order valence-corrected chi connectivity index (χ1v) is 12.7. The van der Waals surface area contributed by atoms with Gasteiger partial charge in [0.05, 0.1) is 0 Å². The molecule has 35 heavy (non-hydrogen) atoms. The molecule has 2 rings (SSSR count). The third-order valence-corrected chi connectivity index (χ3v) is 6.91. The summed E-state index contributed by atoms with van der Waals surface area (Å²) < 4.78 is 15.6. The molecule has 0 saturated heterocycles. The highest BCUT2D eigenvalue weighted by Gasteiger charge is 2.28. The molecule has 6 heteroatoms. The zero-order chi connectivity index (χ0) is 26.0. The number of allylic oxidation sites excluding steroid dienone is 4. The number of hydrogen-bond acceptors (Lipinski definition) is 6. The van der Waals surface area contributed by atoms with Crippen molar-refractivity contribution in [2.45, 2.75) is 99.0 Å². The normalized spacial score (nSPS) is 20.5. The van der Waals surface area contributed by atoms with E-state index in [1.54, 1.807) is 11.1 Å². The van der Waals surface area contributed by atoms with Crippen LogP contribution in [-0.2, 0) is 28.6 Å². The van der Waals surface area contributed by atoms with Crippen molar-refractivity contribution in [2.24, 2.45) is 5.41 Å². The summed E-state index contributed by atoms with van der Waals surface area (Å²) in [5.41, 5.74) is 6.47. The number of cyclic esters (lactones) is 1. The SMILES string of the molecule is CC(=O)OCC1=CC(=O)O[C@@H]1C/C=C(\CC/C=C(\C)CCC1=C(C)CCCC1(C)C)COC(C)=O. The average Bonchev–Trinajstić information content (AvgIpc) is 3.12. The minimum absolute atomic E-state index is 0.0352. The summed E-state index contributed by atoms with van der Waals surface area (Å²) in [7, 11) is 0. The molecule has 0 aromatic rings. The predicted molar refractivity (Wildman–Crippen MR) is 136 cm³/mol. The van der Waals surface area contributed by atoms with Gasteiger partial charge in [-0.25, -0.2) is 4.79 Å². The first-order chi connectivity index (χ1) is 16.5. The van der Waals surface area contributed by atoms with Crippen molar-refractivity contribution >= 4 is 17.9 Å². The van der Waals surface area contributed by atoms with Crippen molar-refractivity contribution in [2.75, 3.05) is 13.2 Å². The quantitative estimate of drug-likeness (QED) is 0.183. The van der Waals surface area contributed by atoms with Gasteiger partial charge in [0.15, 0.2) is 0 Å². The molecular formula is C29H42O6. The minimum Gasteiger partial charge on any atom is -0.461 e. The Labute approximate surface area is 210 Å². The van der Waals surface area contributed by atoms with Crippen LogP contribution in [0.2, 0.25) is 0 Å². The Morgan fingerprint density at radius 3 is 2.49 bits per heavy atom. The fourth-order valence-electron chi connectivity index (χ4n) is 4.87. The maximum absolute atomic E-state index is 11.7. The van der Waals surface area contributed by atoms with Crippen LogP contribution in [0.4, 0.5) is 0 Å². The maximum atomic E-state index is 11.7. The Bertz CT molecular complexity index is 915. The highest BCUT2D eigenvalue weighted by molar-refractivity contribution is 5.86. The van der Waals surface area contributed by atoms with Crippen LogP contribution in [0.3, 0.4) is 0 Å². The average molecular weight is 487 g/mol. The Morgan fingerprint density at radius 1 is 1.11 bits per heavy atom. The summed E-state index contributed by atoms with van der Waals surface area (Å²) in [6, 6.07) is 0. The molecule has 0 aromatic carbocycles. The Hall–Kier alpha value is -2.63. The fourth-order valence-corrected chi connectivity index (χ4v) is 4.87. The molecule has 6 nitrogen and oxygen atoms in total. The molecule has 0 fully saturated rings. The van der Waals surface area contributed by atoms with Crippen molar-refractivity contribution in [3.63, 3.8) is 0 Å². The van der Waals surface area contributed by atoms with E-state index in [9.17, 15) is 14.4 Å². The van der Waals surface area contributed by atoms with Crippen LogP contribution in [0.1, 0.15) is 92.9 Å². The fraction of sp³-hybridized carbons (Fsp3) is 0.621. The van der Waals surface area contributed by atoms with E-state index in [0.29, 0.717) is 17.4 Å². The van der Waals surface area contributed by atoms with Crippen LogP contribution in [0.15, 0.2) is 46.1 Å². The van der Waals surface area contributed by atoms with Gasteiger partial charge in [-0.3, -0.25) is 9.59 Å². The van der Waals surface area contributed by atoms with Crippen LogP contribution in [0.5, 0.6) is 0 Å². The Balaban J connectivity index is 1.95. The first kappa shape index (κ1) is 28.6. The van der Waals surface area contributed by atoms with E-state index in [1.807, 2.05) is 6.08 Å². The van der Waals surface area contributed by atoms with Gasteiger partial charge in [0.25, 0.3) is 0 Å². The largest absolute Gasteiger partial charge is 0.461 e. The highest BCUT2D eigenvalue weighted by atomic mass is 16.6. The van der Waals surface area contributed by atoms with Crippen molar-refractivity contribution in [1.29, 1.82) is 0 Å². The molecule has 0 unspecified atom stereocenters. The summed E-state index contributed by atoms with van der Waals surface area (Å²) in [4.78, 5) is 34.2. The topological polar surface area (TPSA) is 78.9 Å². The van der Waals surface area contributed by atoms with E-state index < -0.39 is 18.0 Å². The number of hydrogen-bond donors (Lipinski definition) is 0. The van der Waals surface area contributed by atoms with E-state index in [1.165, 1.54) is 44.8 Å². The molecule has 1 atom stereocenters. The number of carbonyl (C=O) groups excluding carboxylic acids is 3. The number of rotatable bonds is 12. The summed E-state index contributed by atoms with van der Waals surface area (Å²) in [6.45, 7) is 12.2. The Kier molecular flexibility index (Phi) is 11.0. The second-order valence-electron chi connectivity index (χ2n) is 10.4. The number of esters is 3. The van der Waals surface area contributed by atoms with E-state index in [-0.39, 0.29) is 19.2 Å². The lowest BCUT2D eigenvalue weighted by Crippen LogP contribution is -2.20. The molecule has 0 aromatic heterocycles. The lowest BCUT2D eigenvalue weighted by atomic mass is 9.71. The summed E-state index contributed by atoms with van der Waals surface area (Å²) in [5, 5.41) is 0. The number of carbonyl (C=O) groups is 3. The van der Waals surface area contributed by atoms with Crippen molar-refractivity contribution < 1.29 is 28.6 Å². The van der Waals surface area contributed by atoms with E-state index in [4.69, 9.17) is 14.2 Å². The molecule has 1 aliphatic heterocycles. The van der Waals surface area contributed by atoms with Crippen LogP contribution >= 0.6 is 0 Å². The maximum Gasteiger partial charge on any atom is 0.331 e. The Morgan fingerprint density at radius 2 is 1.83 bits per heavy atom. The molecule has 0 radical (unpaired) electrons. The third-order valence-electron chi connectivity index (χ3n) is 6.91. The summed E-state index contributed by atoms with van der Waals surface area (Å²) in [6.07, 6.45) is 13.1. The number of ether oxygens (including phenoxy) is 3. The molecule has 0 N–H and O–H groups in total. The summed E-state index contributed by atoms with van der Waals surface area (Å²) >= 11 is 0. The lowest BCUT2D eigenvalue weighted by molar-refractivity contribution is -0.141. The third kappa shape index (κ3) is 9.87. The van der Waals surface area contributed by atoms with Crippen molar-refractivity contribution in [3.8, 4) is 0 Å². The zero-order valence-corrected chi connectivity index (χ0v) is 22.3. The van der Waals surface area contributed by atoms with Crippen LogP contribution < -0.4 is 0 Å². The van der Waals surface area contributed by atoms with Gasteiger partial charge in [0.1, 0.15) is 19.3 Å². The summed E-state index contributed by atoms with van der Waals surface area (Å²) in [5.74, 6) is -1.17. The van der Waals surface area contributed by atoms with Crippen LogP contribution in [0.25, 0.3) is 0 Å². The minimum atomic E-state index is -0.471. The zero-order valence-electron chi connectivity index (χ0n) is 22.3. The van der Waals surface area contributed by atoms with Crippen LogP contribution in [0, 0.1) is 5.41 Å². The van der Waals surface area contributed by atoms with Gasteiger partial charge in [0, 0.05) is 31.9 Å². The van der Waals surface area contributed by atoms with Gasteiger partial charge in [-0.05, 0) is 69.8 Å². The second kappa shape index (κ2) is 13.5. The molecule has 2 aliphatic rings. The highest BCUT2D eigenvalue weighted by Crippen LogP contribution is 2.42. The van der Waals surface area contributed by atoms with Crippen molar-refractivity contribution in [1.82, 2.24) is 0 Å². The van der Waals surface area contributed by atoms with E-state index in [2.05, 4.69) is 33.8 Å². The molecule has 0 amide bonds. The molecule has 194 valence electrons. The van der Waals surface area contributed by atoms with Gasteiger partial charge in [-0.2, -0.15) is 0 Å². The molecule has 1 aliphatic carbocycles. The molecule has 0 bridgehead atoms. The molecule has 1 heterocycles. The second-order valence-corrected chi connectivity index (χ2v) is 10.4. The predicted octanol–water partition coefficient (Wildman–Crippen LogP) is 6.31. The molecular weight excluding hydrogens is 444 g/mol. The van der Waals surface area contributed by atoms with Gasteiger partial charge in [0.2, 0.25) is 0 Å². The van der Waals surface area contributed by atoms with Gasteiger partial charge >= 0.3 is 17.9 Å². The van der Waals surface area contributed by atoms with Crippen LogP contribution in [-0.4, -0.2) is 37.2 Å². The standard InChI is InChI=1S/C29H42O6/c1-20(12-14-26-21(2)10-8-16-29(26,5)6)9-7-11-24(18-33-22(3)30)13-15-27-25(17-28(32)35-27)19-34-23(4)31/h9,13,17,27H,7-8,10-12,14-16,18-19H2,1-6H3/b20-9+,24-13+/t27-/m1/s1. The lowest BCUT2D eigenvalue weighted by Gasteiger charge is -2.35. The van der Waals surface area contributed by atoms with E-state index in [0.717, 1.165) is 31.3 Å². The molecule has 0 saturated carbocycles. The monoisotopic (exact) mass is 486 g/mol. The van der Waals surface area contributed by atoms with Gasteiger partial charge in [-0.15, -0.1) is 0 Å². The smallest absolute Gasteiger partial charge is 0.331 e. The van der Waals surface area contributed by atoms with Gasteiger partial charge < -0.3 is 14.2 Å². The van der Waals surface area contributed by atoms with Crippen molar-refractivity contribution in [3.05, 3.63) is 46.1 Å². The molecule has 0 spiro atoms. The van der Waals surface area contributed by atoms with E-state index >= 15 is 0 Å². The first-order valence-electron chi connectivity index (χ1n) is 12.7. The van der Waals surface area contributed by atoms with Gasteiger partial charge in [-0.1, -0.05) is 42.7 Å².